The van der Waals surface area contributed by atoms with Crippen LogP contribution in [0.5, 0.6) is 0 Å². The number of nitrogens with one attached hydrogen (secondary N) is 1. The first-order valence-electron chi connectivity index (χ1n) is 9.74. The van der Waals surface area contributed by atoms with Crippen LogP contribution >= 0.6 is 41.8 Å². The number of benzene rings is 2. The lowest BCUT2D eigenvalue weighted by atomic mass is 10.2. The number of esters is 1. The predicted octanol–water partition coefficient (Wildman–Crippen LogP) is 7.41. The van der Waals surface area contributed by atoms with Crippen molar-refractivity contribution in [3.63, 3.8) is 0 Å². The number of carbonyl (C=O) groups is 1. The van der Waals surface area contributed by atoms with Gasteiger partial charge in [-0.05, 0) is 18.1 Å². The summed E-state index contributed by atoms with van der Waals surface area (Å²) in [7, 11) is -3.42. The van der Waals surface area contributed by atoms with Gasteiger partial charge < -0.3 is 9.82 Å². The van der Waals surface area contributed by atoms with Crippen LogP contribution in [-0.2, 0) is 20.5 Å². The Morgan fingerprint density at radius 1 is 1.03 bits per heavy atom. The summed E-state index contributed by atoms with van der Waals surface area (Å²) >= 11 is 14.2. The van der Waals surface area contributed by atoms with Gasteiger partial charge in [-0.25, -0.2) is 4.98 Å². The summed E-state index contributed by atoms with van der Waals surface area (Å²) in [4.78, 5) is 16.1. The molecule has 0 amide bonds. The Morgan fingerprint density at radius 2 is 1.56 bits per heavy atom. The number of halogens is 2. The minimum atomic E-state index is -3.42. The molecule has 0 aliphatic carbocycles. The molecule has 0 spiro atoms. The molecule has 5 nitrogen and oxygen atoms in total. The molecule has 0 fully saturated rings. The number of hydrogen-bond acceptors (Lipinski definition) is 5. The van der Waals surface area contributed by atoms with E-state index in [1.54, 1.807) is 12.3 Å². The molecule has 1 atom stereocenters. The Bertz CT molecular complexity index is 1100. The number of aromatic nitrogens is 1. The molecule has 1 aromatic heterocycles. The lowest BCUT2D eigenvalue weighted by Crippen LogP contribution is -2.07. The third-order valence-corrected chi connectivity index (χ3v) is 7.92. The predicted molar refractivity (Wildman–Crippen MR) is 134 cm³/mol. The molecule has 0 aliphatic rings. The molecule has 166 valence electrons. The van der Waals surface area contributed by atoms with Crippen molar-refractivity contribution in [1.29, 1.82) is 0 Å². The molecule has 9 heteroatoms. The maximum atomic E-state index is 13.9. The molecule has 0 saturated carbocycles. The molecule has 1 unspecified atom stereocenters. The van der Waals surface area contributed by atoms with E-state index in [1.165, 1.54) is 23.0 Å². The van der Waals surface area contributed by atoms with Crippen LogP contribution in [-0.4, -0.2) is 17.6 Å². The van der Waals surface area contributed by atoms with Crippen LogP contribution in [0.3, 0.4) is 0 Å². The molecule has 0 saturated heterocycles. The maximum Gasteiger partial charge on any atom is 0.311 e. The quantitative estimate of drug-likeness (QED) is 0.241. The zero-order valence-corrected chi connectivity index (χ0v) is 20.4. The standard InChI is InChI=1S/C23H21Cl2N2O3PS/c1-2-30-22(28)13-19-16-32-23(26-19)27-31(29,14-20(24)17-9-5-3-6-10-17)15-21(25)18-11-7-4-8-12-18/h3-12,14-16H,2,13H2,1H3,(H,26,27,29)/b20-14-,21-15+. The summed E-state index contributed by atoms with van der Waals surface area (Å²) in [5.41, 5.74) is 1.98. The Hall–Kier alpha value is -2.37. The average Bonchev–Trinajstić information content (AvgIpc) is 3.20. The second kappa shape index (κ2) is 11.5. The zero-order valence-electron chi connectivity index (χ0n) is 17.2. The topological polar surface area (TPSA) is 68.3 Å². The van der Waals surface area contributed by atoms with Gasteiger partial charge >= 0.3 is 5.97 Å². The van der Waals surface area contributed by atoms with Crippen LogP contribution < -0.4 is 5.09 Å². The molecule has 0 radical (unpaired) electrons. The number of thiazole rings is 1. The summed E-state index contributed by atoms with van der Waals surface area (Å²) in [6.07, 6.45) is 0.0392. The van der Waals surface area contributed by atoms with Gasteiger partial charge in [-0.3, -0.25) is 9.36 Å². The van der Waals surface area contributed by atoms with Crippen molar-refractivity contribution >= 4 is 63.0 Å². The molecule has 3 rings (SSSR count). The van der Waals surface area contributed by atoms with Gasteiger partial charge in [0.2, 0.25) is 7.29 Å². The van der Waals surface area contributed by atoms with Crippen LogP contribution in [0.2, 0.25) is 0 Å². The van der Waals surface area contributed by atoms with E-state index in [-0.39, 0.29) is 12.4 Å². The van der Waals surface area contributed by atoms with E-state index in [4.69, 9.17) is 27.9 Å². The number of nitrogens with zero attached hydrogens (tertiary/aromatic N) is 1. The zero-order chi connectivity index (χ0) is 23.0. The first-order valence-corrected chi connectivity index (χ1v) is 13.2. The second-order valence-electron chi connectivity index (χ2n) is 6.63. The molecule has 32 heavy (non-hydrogen) atoms. The summed E-state index contributed by atoms with van der Waals surface area (Å²) < 4.78 is 18.9. The summed E-state index contributed by atoms with van der Waals surface area (Å²) in [6, 6.07) is 18.4. The van der Waals surface area contributed by atoms with Gasteiger partial charge in [-0.1, -0.05) is 83.9 Å². The van der Waals surface area contributed by atoms with Gasteiger partial charge in [0.15, 0.2) is 5.13 Å². The van der Waals surface area contributed by atoms with Crippen molar-refractivity contribution in [2.45, 2.75) is 13.3 Å². The summed E-state index contributed by atoms with van der Waals surface area (Å²) in [5.74, 6) is 2.55. The largest absolute Gasteiger partial charge is 0.466 e. The van der Waals surface area contributed by atoms with Crippen LogP contribution in [0.1, 0.15) is 23.7 Å². The maximum absolute atomic E-state index is 13.9. The fourth-order valence-electron chi connectivity index (χ4n) is 2.73. The fourth-order valence-corrected chi connectivity index (χ4v) is 6.57. The smallest absolute Gasteiger partial charge is 0.311 e. The number of carbonyl (C=O) groups excluding carboxylic acids is 1. The van der Waals surface area contributed by atoms with E-state index >= 15 is 0 Å². The Kier molecular flexibility index (Phi) is 8.71. The van der Waals surface area contributed by atoms with Crippen molar-refractivity contribution in [2.24, 2.45) is 0 Å². The van der Waals surface area contributed by atoms with E-state index in [0.717, 1.165) is 11.1 Å². The SMILES string of the molecule is CCOC(=O)Cc1csc(NP(=O)(/C=C(\Cl)c2ccccc2)/C=C(/Cl)c2ccccc2)n1. The van der Waals surface area contributed by atoms with Gasteiger partial charge in [0, 0.05) is 17.0 Å². The number of rotatable bonds is 9. The number of hydrogen-bond donors (Lipinski definition) is 1. The van der Waals surface area contributed by atoms with Crippen molar-refractivity contribution < 1.29 is 14.1 Å². The van der Waals surface area contributed by atoms with E-state index in [1.807, 2.05) is 60.7 Å². The van der Waals surface area contributed by atoms with Crippen molar-refractivity contribution in [3.05, 3.63) is 94.5 Å². The third kappa shape index (κ3) is 7.07. The highest BCUT2D eigenvalue weighted by Crippen LogP contribution is 2.54. The molecule has 1 N–H and O–H groups in total. The van der Waals surface area contributed by atoms with E-state index < -0.39 is 7.29 Å². The monoisotopic (exact) mass is 506 g/mol. The second-order valence-corrected chi connectivity index (χ2v) is 10.5. The van der Waals surface area contributed by atoms with E-state index in [2.05, 4.69) is 10.1 Å². The molecular weight excluding hydrogens is 486 g/mol. The highest BCUT2D eigenvalue weighted by Gasteiger charge is 2.21. The Labute approximate surface area is 201 Å². The lowest BCUT2D eigenvalue weighted by Gasteiger charge is -2.13. The molecular formula is C23H21Cl2N2O3PS. The average molecular weight is 507 g/mol. The van der Waals surface area contributed by atoms with E-state index in [9.17, 15) is 9.36 Å². The first kappa shape index (κ1) is 24.3. The van der Waals surface area contributed by atoms with E-state index in [0.29, 0.717) is 27.5 Å². The Balaban J connectivity index is 1.93. The van der Waals surface area contributed by atoms with Gasteiger partial charge in [-0.2, -0.15) is 0 Å². The Morgan fingerprint density at radius 3 is 2.06 bits per heavy atom. The number of anilines is 1. The van der Waals surface area contributed by atoms with Crippen molar-refractivity contribution in [2.75, 3.05) is 11.7 Å². The van der Waals surface area contributed by atoms with Gasteiger partial charge in [-0.15, -0.1) is 11.3 Å². The van der Waals surface area contributed by atoms with Gasteiger partial charge in [0.25, 0.3) is 0 Å². The fraction of sp³-hybridized carbons (Fsp3) is 0.130. The molecule has 3 aromatic rings. The minimum absolute atomic E-state index is 0.0392. The first-order chi connectivity index (χ1) is 15.4. The normalized spacial score (nSPS) is 14.0. The van der Waals surface area contributed by atoms with Crippen molar-refractivity contribution in [3.8, 4) is 0 Å². The minimum Gasteiger partial charge on any atom is -0.466 e. The molecule has 0 aliphatic heterocycles. The van der Waals surface area contributed by atoms with Crippen LogP contribution in [0.25, 0.3) is 10.1 Å². The highest BCUT2D eigenvalue weighted by molar-refractivity contribution is 7.72. The number of ether oxygens (including phenoxy) is 1. The third-order valence-electron chi connectivity index (χ3n) is 4.16. The molecule has 2 aromatic carbocycles. The lowest BCUT2D eigenvalue weighted by molar-refractivity contribution is -0.142. The van der Waals surface area contributed by atoms with Gasteiger partial charge in [0.05, 0.1) is 28.8 Å². The highest BCUT2D eigenvalue weighted by atomic mass is 35.5. The molecule has 1 heterocycles. The van der Waals surface area contributed by atoms with Crippen LogP contribution in [0, 0.1) is 0 Å². The molecule has 0 bridgehead atoms. The summed E-state index contributed by atoms with van der Waals surface area (Å²) in [5, 5.41) is 5.71. The summed E-state index contributed by atoms with van der Waals surface area (Å²) in [6.45, 7) is 2.04. The van der Waals surface area contributed by atoms with Crippen LogP contribution in [0.15, 0.2) is 77.7 Å². The van der Waals surface area contributed by atoms with Crippen molar-refractivity contribution in [1.82, 2.24) is 4.98 Å². The van der Waals surface area contributed by atoms with Crippen LogP contribution in [0.4, 0.5) is 5.13 Å². The van der Waals surface area contributed by atoms with Gasteiger partial charge in [0.1, 0.15) is 0 Å².